The Morgan fingerprint density at radius 2 is 1.89 bits per heavy atom. The molecule has 1 amide bonds. The average Bonchev–Trinajstić information content (AvgIpc) is 2.67. The standard InChI is InChI=1S/C19H18ClN3O4S/c20-16-7-8-17(19-15(16)2-1-10-23-19)27-12-18(24)22-11-9-13-3-5-14(6-4-13)28(21,25)26/h1-8,10H,9,11-12H2,(H,22,24)(H2,21,25,26). The van der Waals surface area contributed by atoms with Crippen molar-refractivity contribution in [2.75, 3.05) is 13.2 Å². The number of aromatic nitrogens is 1. The number of ether oxygens (including phenoxy) is 1. The van der Waals surface area contributed by atoms with Gasteiger partial charge in [0.1, 0.15) is 11.3 Å². The second-order valence-corrected chi connectivity index (χ2v) is 7.99. The van der Waals surface area contributed by atoms with Gasteiger partial charge in [-0.1, -0.05) is 23.7 Å². The smallest absolute Gasteiger partial charge is 0.257 e. The molecule has 3 N–H and O–H groups in total. The molecule has 0 spiro atoms. The second kappa shape index (κ2) is 8.55. The molecule has 0 unspecified atom stereocenters. The molecular weight excluding hydrogens is 402 g/mol. The van der Waals surface area contributed by atoms with E-state index in [0.717, 1.165) is 10.9 Å². The van der Waals surface area contributed by atoms with Gasteiger partial charge < -0.3 is 10.1 Å². The van der Waals surface area contributed by atoms with Gasteiger partial charge in [-0.3, -0.25) is 9.78 Å². The van der Waals surface area contributed by atoms with Crippen molar-refractivity contribution >= 4 is 38.4 Å². The first-order valence-electron chi connectivity index (χ1n) is 8.39. The summed E-state index contributed by atoms with van der Waals surface area (Å²) < 4.78 is 28.0. The number of primary sulfonamides is 1. The van der Waals surface area contributed by atoms with Crippen LogP contribution >= 0.6 is 11.6 Å². The lowest BCUT2D eigenvalue weighted by atomic mass is 10.1. The van der Waals surface area contributed by atoms with Crippen molar-refractivity contribution in [1.29, 1.82) is 0 Å². The minimum atomic E-state index is -3.71. The van der Waals surface area contributed by atoms with Gasteiger partial charge in [-0.15, -0.1) is 0 Å². The van der Waals surface area contributed by atoms with E-state index in [1.165, 1.54) is 12.1 Å². The minimum Gasteiger partial charge on any atom is -0.481 e. The van der Waals surface area contributed by atoms with Gasteiger partial charge in [0.15, 0.2) is 6.61 Å². The summed E-state index contributed by atoms with van der Waals surface area (Å²) in [6.45, 7) is 0.230. The number of fused-ring (bicyclic) bond motifs is 1. The van der Waals surface area contributed by atoms with Gasteiger partial charge in [0.2, 0.25) is 10.0 Å². The summed E-state index contributed by atoms with van der Waals surface area (Å²) in [7, 11) is -3.71. The van der Waals surface area contributed by atoms with Crippen molar-refractivity contribution in [2.24, 2.45) is 5.14 Å². The molecule has 0 radical (unpaired) electrons. The van der Waals surface area contributed by atoms with E-state index in [1.54, 1.807) is 36.5 Å². The highest BCUT2D eigenvalue weighted by Crippen LogP contribution is 2.29. The highest BCUT2D eigenvalue weighted by atomic mass is 35.5. The molecule has 7 nitrogen and oxygen atoms in total. The molecule has 1 aromatic heterocycles. The number of nitrogens with two attached hydrogens (primary N) is 1. The number of carbonyl (C=O) groups excluding carboxylic acids is 1. The summed E-state index contributed by atoms with van der Waals surface area (Å²) >= 11 is 6.14. The Kier molecular flexibility index (Phi) is 6.13. The van der Waals surface area contributed by atoms with Crippen LogP contribution in [0.5, 0.6) is 5.75 Å². The molecule has 28 heavy (non-hydrogen) atoms. The molecule has 0 bridgehead atoms. The maximum atomic E-state index is 12.0. The molecule has 1 heterocycles. The van der Waals surface area contributed by atoms with Crippen LogP contribution in [0.3, 0.4) is 0 Å². The maximum Gasteiger partial charge on any atom is 0.257 e. The number of halogens is 1. The van der Waals surface area contributed by atoms with Crippen molar-refractivity contribution in [3.8, 4) is 5.75 Å². The lowest BCUT2D eigenvalue weighted by Gasteiger charge is -2.10. The Balaban J connectivity index is 1.51. The van der Waals surface area contributed by atoms with Crippen molar-refractivity contribution in [3.63, 3.8) is 0 Å². The van der Waals surface area contributed by atoms with Crippen LogP contribution in [-0.4, -0.2) is 32.5 Å². The Morgan fingerprint density at radius 3 is 2.61 bits per heavy atom. The predicted molar refractivity (Wildman–Crippen MR) is 107 cm³/mol. The quantitative estimate of drug-likeness (QED) is 0.610. The zero-order chi connectivity index (χ0) is 20.1. The fourth-order valence-electron chi connectivity index (χ4n) is 2.61. The summed E-state index contributed by atoms with van der Waals surface area (Å²) in [5, 5.41) is 9.13. The first-order chi connectivity index (χ1) is 13.3. The Morgan fingerprint density at radius 1 is 1.14 bits per heavy atom. The molecule has 146 valence electrons. The molecule has 0 aliphatic heterocycles. The molecule has 2 aromatic carbocycles. The molecule has 0 saturated carbocycles. The van der Waals surface area contributed by atoms with Crippen LogP contribution in [0.4, 0.5) is 0 Å². The van der Waals surface area contributed by atoms with E-state index in [0.29, 0.717) is 29.3 Å². The van der Waals surface area contributed by atoms with E-state index in [-0.39, 0.29) is 17.4 Å². The van der Waals surface area contributed by atoms with Crippen molar-refractivity contribution < 1.29 is 17.9 Å². The van der Waals surface area contributed by atoms with Gasteiger partial charge in [-0.05, 0) is 48.4 Å². The third-order valence-corrected chi connectivity index (χ3v) is 5.28. The summed E-state index contributed by atoms with van der Waals surface area (Å²) in [5.41, 5.74) is 1.47. The van der Waals surface area contributed by atoms with Crippen LogP contribution in [0.15, 0.2) is 59.6 Å². The fraction of sp³-hybridized carbons (Fsp3) is 0.158. The number of hydrogen-bond acceptors (Lipinski definition) is 5. The maximum absolute atomic E-state index is 12.0. The van der Waals surface area contributed by atoms with Crippen LogP contribution in [0, 0.1) is 0 Å². The topological polar surface area (TPSA) is 111 Å². The van der Waals surface area contributed by atoms with E-state index in [4.69, 9.17) is 21.5 Å². The normalized spacial score (nSPS) is 11.4. The highest BCUT2D eigenvalue weighted by Gasteiger charge is 2.10. The minimum absolute atomic E-state index is 0.0532. The lowest BCUT2D eigenvalue weighted by Crippen LogP contribution is -2.30. The van der Waals surface area contributed by atoms with Gasteiger partial charge in [-0.2, -0.15) is 0 Å². The van der Waals surface area contributed by atoms with Crippen LogP contribution in [0.1, 0.15) is 5.56 Å². The van der Waals surface area contributed by atoms with E-state index in [1.807, 2.05) is 6.07 Å². The van der Waals surface area contributed by atoms with E-state index >= 15 is 0 Å². The molecule has 3 rings (SSSR count). The molecular formula is C19H18ClN3O4S. The first-order valence-corrected chi connectivity index (χ1v) is 10.3. The monoisotopic (exact) mass is 419 g/mol. The van der Waals surface area contributed by atoms with E-state index in [2.05, 4.69) is 10.3 Å². The number of nitrogens with zero attached hydrogens (tertiary/aromatic N) is 1. The number of amides is 1. The number of benzene rings is 2. The zero-order valence-corrected chi connectivity index (χ0v) is 16.3. The lowest BCUT2D eigenvalue weighted by molar-refractivity contribution is -0.123. The number of carbonyl (C=O) groups is 1. The highest BCUT2D eigenvalue weighted by molar-refractivity contribution is 7.89. The van der Waals surface area contributed by atoms with Gasteiger partial charge in [0, 0.05) is 18.1 Å². The Labute approximate surface area is 167 Å². The summed E-state index contributed by atoms with van der Waals surface area (Å²) in [6, 6.07) is 13.2. The SMILES string of the molecule is NS(=O)(=O)c1ccc(CCNC(=O)COc2ccc(Cl)c3cccnc23)cc1. The summed E-state index contributed by atoms with van der Waals surface area (Å²) in [5.74, 6) is 0.203. The zero-order valence-electron chi connectivity index (χ0n) is 14.8. The van der Waals surface area contributed by atoms with Crippen LogP contribution in [0.2, 0.25) is 5.02 Å². The fourth-order valence-corrected chi connectivity index (χ4v) is 3.35. The van der Waals surface area contributed by atoms with E-state index in [9.17, 15) is 13.2 Å². The van der Waals surface area contributed by atoms with Crippen LogP contribution in [-0.2, 0) is 21.2 Å². The molecule has 0 fully saturated rings. The van der Waals surface area contributed by atoms with Crippen LogP contribution < -0.4 is 15.2 Å². The molecule has 3 aromatic rings. The average molecular weight is 420 g/mol. The number of sulfonamides is 1. The number of rotatable bonds is 7. The molecule has 9 heteroatoms. The third-order valence-electron chi connectivity index (χ3n) is 4.03. The molecule has 0 aliphatic carbocycles. The number of nitrogens with one attached hydrogen (secondary N) is 1. The van der Waals surface area contributed by atoms with Crippen molar-refractivity contribution in [2.45, 2.75) is 11.3 Å². The number of hydrogen-bond donors (Lipinski definition) is 2. The Bertz CT molecular complexity index is 1100. The van der Waals surface area contributed by atoms with Gasteiger partial charge in [0.05, 0.1) is 9.92 Å². The Hall–Kier alpha value is -2.68. The molecule has 0 atom stereocenters. The van der Waals surface area contributed by atoms with E-state index < -0.39 is 10.0 Å². The van der Waals surface area contributed by atoms with Crippen LogP contribution in [0.25, 0.3) is 10.9 Å². The second-order valence-electron chi connectivity index (χ2n) is 6.02. The van der Waals surface area contributed by atoms with Gasteiger partial charge >= 0.3 is 0 Å². The molecule has 0 aliphatic rings. The van der Waals surface area contributed by atoms with Crippen molar-refractivity contribution in [3.05, 3.63) is 65.3 Å². The van der Waals surface area contributed by atoms with Gasteiger partial charge in [0.25, 0.3) is 5.91 Å². The molecule has 0 saturated heterocycles. The third kappa shape index (κ3) is 4.98. The van der Waals surface area contributed by atoms with Gasteiger partial charge in [-0.25, -0.2) is 13.6 Å². The predicted octanol–water partition coefficient (Wildman–Crippen LogP) is 2.27. The summed E-state index contributed by atoms with van der Waals surface area (Å²) in [6.07, 6.45) is 2.18. The summed E-state index contributed by atoms with van der Waals surface area (Å²) in [4.78, 5) is 16.3. The number of pyridine rings is 1. The largest absolute Gasteiger partial charge is 0.481 e. The first kappa shape index (κ1) is 20.1. The van der Waals surface area contributed by atoms with Crippen molar-refractivity contribution in [1.82, 2.24) is 10.3 Å².